The number of nitrogens with one attached hydrogen (secondary N) is 1. The van der Waals surface area contributed by atoms with Crippen LogP contribution >= 0.6 is 28.3 Å². The molecule has 128 valence electrons. The highest BCUT2D eigenvalue weighted by Gasteiger charge is 2.38. The van der Waals surface area contributed by atoms with Crippen molar-refractivity contribution in [2.75, 3.05) is 6.54 Å². The maximum Gasteiger partial charge on any atom is 0.245 e. The van der Waals surface area contributed by atoms with Crippen molar-refractivity contribution in [1.82, 2.24) is 10.2 Å². The van der Waals surface area contributed by atoms with Crippen molar-refractivity contribution < 1.29 is 9.59 Å². The van der Waals surface area contributed by atoms with E-state index in [1.807, 2.05) is 26.0 Å². The van der Waals surface area contributed by atoms with Crippen molar-refractivity contribution >= 4 is 40.2 Å². The van der Waals surface area contributed by atoms with Crippen molar-refractivity contribution in [1.29, 1.82) is 0 Å². The monoisotopic (exact) mass is 403 g/mol. The minimum absolute atomic E-state index is 0. The molecule has 23 heavy (non-hydrogen) atoms. The summed E-state index contributed by atoms with van der Waals surface area (Å²) in [6, 6.07) is 6.96. The van der Waals surface area contributed by atoms with Crippen molar-refractivity contribution in [3.05, 3.63) is 34.3 Å². The van der Waals surface area contributed by atoms with Gasteiger partial charge in [0.1, 0.15) is 11.6 Å². The lowest BCUT2D eigenvalue weighted by molar-refractivity contribution is -0.135. The Balaban J connectivity index is 0.00000264. The van der Waals surface area contributed by atoms with Crippen molar-refractivity contribution in [3.8, 4) is 0 Å². The Labute approximate surface area is 151 Å². The molecule has 2 unspecified atom stereocenters. The minimum Gasteiger partial charge on any atom is -0.342 e. The van der Waals surface area contributed by atoms with E-state index in [2.05, 4.69) is 21.2 Å². The number of nitrogens with zero attached hydrogens (tertiary/aromatic N) is 1. The molecule has 0 aromatic heterocycles. The Bertz CT molecular complexity index is 575. The van der Waals surface area contributed by atoms with E-state index in [1.54, 1.807) is 24.0 Å². The second kappa shape index (κ2) is 7.64. The number of hydrogen-bond acceptors (Lipinski definition) is 3. The predicted molar refractivity (Wildman–Crippen MR) is 96.3 cm³/mol. The first-order chi connectivity index (χ1) is 10.2. The fraction of sp³-hybridized carbons (Fsp3) is 0.500. The summed E-state index contributed by atoms with van der Waals surface area (Å²) in [5.41, 5.74) is 5.73. The van der Waals surface area contributed by atoms with Crippen LogP contribution in [0.1, 0.15) is 32.8 Å². The first-order valence-corrected chi connectivity index (χ1v) is 8.19. The van der Waals surface area contributed by atoms with Gasteiger partial charge in [-0.2, -0.15) is 0 Å². The van der Waals surface area contributed by atoms with Gasteiger partial charge in [0.05, 0.1) is 0 Å². The normalized spacial score (nSPS) is 20.2. The molecular formula is C16H23BrClN3O2. The fourth-order valence-corrected chi connectivity index (χ4v) is 2.85. The van der Waals surface area contributed by atoms with Crippen LogP contribution in [0.5, 0.6) is 0 Å². The minimum atomic E-state index is -1.17. The summed E-state index contributed by atoms with van der Waals surface area (Å²) < 4.78 is 0.922. The molecule has 0 aliphatic carbocycles. The first-order valence-electron chi connectivity index (χ1n) is 7.40. The Hall–Kier alpha value is -1.11. The molecule has 1 fully saturated rings. The highest BCUT2D eigenvalue weighted by molar-refractivity contribution is 9.10. The van der Waals surface area contributed by atoms with Crippen molar-refractivity contribution in [2.45, 2.75) is 44.8 Å². The van der Waals surface area contributed by atoms with Crippen LogP contribution in [0.2, 0.25) is 0 Å². The fourth-order valence-electron chi connectivity index (χ4n) is 2.58. The Morgan fingerprint density at radius 2 is 1.96 bits per heavy atom. The zero-order valence-corrected chi connectivity index (χ0v) is 15.9. The average Bonchev–Trinajstić information content (AvgIpc) is 2.80. The van der Waals surface area contributed by atoms with Crippen LogP contribution in [0.15, 0.2) is 28.7 Å². The summed E-state index contributed by atoms with van der Waals surface area (Å²) in [7, 11) is 0. The maximum absolute atomic E-state index is 12.5. The summed E-state index contributed by atoms with van der Waals surface area (Å²) in [5, 5.41) is 2.80. The molecule has 1 aromatic rings. The maximum atomic E-state index is 12.5. The third-order valence-corrected chi connectivity index (χ3v) is 4.61. The molecule has 1 aliphatic rings. The summed E-state index contributed by atoms with van der Waals surface area (Å²) in [6.07, 6.45) is 0.624. The van der Waals surface area contributed by atoms with Gasteiger partial charge in [-0.15, -0.1) is 12.4 Å². The van der Waals surface area contributed by atoms with Gasteiger partial charge >= 0.3 is 0 Å². The smallest absolute Gasteiger partial charge is 0.245 e. The molecule has 2 rings (SSSR count). The van der Waals surface area contributed by atoms with E-state index in [0.29, 0.717) is 18.5 Å². The van der Waals surface area contributed by atoms with Crippen LogP contribution in [-0.2, 0) is 15.1 Å². The second-order valence-corrected chi connectivity index (χ2v) is 7.07. The van der Waals surface area contributed by atoms with E-state index in [1.165, 1.54) is 0 Å². The molecule has 1 saturated heterocycles. The second-order valence-electron chi connectivity index (χ2n) is 6.15. The number of carbonyl (C=O) groups is 2. The standard InChI is InChI=1S/C16H22BrN3O2.ClH/c1-10(2)20-9-8-13(14(20)21)19-15(22)16(3,18)11-4-6-12(17)7-5-11;/h4-7,10,13H,8-9,18H2,1-3H3,(H,19,22);1H. The first kappa shape index (κ1) is 19.9. The van der Waals surface area contributed by atoms with E-state index < -0.39 is 11.6 Å². The van der Waals surface area contributed by atoms with E-state index in [4.69, 9.17) is 5.73 Å². The number of rotatable bonds is 4. The van der Waals surface area contributed by atoms with Crippen LogP contribution in [0.25, 0.3) is 0 Å². The number of likely N-dealkylation sites (tertiary alicyclic amines) is 1. The van der Waals surface area contributed by atoms with Gasteiger partial charge in [-0.1, -0.05) is 28.1 Å². The van der Waals surface area contributed by atoms with Gasteiger partial charge < -0.3 is 16.0 Å². The Kier molecular flexibility index (Phi) is 6.62. The molecule has 5 nitrogen and oxygen atoms in total. The molecule has 2 atom stereocenters. The topological polar surface area (TPSA) is 75.4 Å². The largest absolute Gasteiger partial charge is 0.342 e. The number of halogens is 2. The zero-order valence-electron chi connectivity index (χ0n) is 13.5. The molecule has 7 heteroatoms. The number of amides is 2. The molecular weight excluding hydrogens is 382 g/mol. The van der Waals surface area contributed by atoms with Gasteiger partial charge in [0, 0.05) is 17.1 Å². The molecule has 0 bridgehead atoms. The number of carbonyl (C=O) groups excluding carboxylic acids is 2. The van der Waals surface area contributed by atoms with Crippen LogP contribution in [0, 0.1) is 0 Å². The summed E-state index contributed by atoms with van der Waals surface area (Å²) in [5.74, 6) is -0.367. The molecule has 1 heterocycles. The van der Waals surface area contributed by atoms with Gasteiger partial charge in [0.2, 0.25) is 11.8 Å². The predicted octanol–water partition coefficient (Wildman–Crippen LogP) is 2.17. The van der Waals surface area contributed by atoms with E-state index >= 15 is 0 Å². The third-order valence-electron chi connectivity index (χ3n) is 4.08. The number of benzene rings is 1. The lowest BCUT2D eigenvalue weighted by Gasteiger charge is -2.26. The van der Waals surface area contributed by atoms with E-state index in [9.17, 15) is 9.59 Å². The Morgan fingerprint density at radius 3 is 2.43 bits per heavy atom. The van der Waals surface area contributed by atoms with Gasteiger partial charge in [-0.05, 0) is 44.9 Å². The Morgan fingerprint density at radius 1 is 1.39 bits per heavy atom. The lowest BCUT2D eigenvalue weighted by Crippen LogP contribution is -2.53. The van der Waals surface area contributed by atoms with Crippen molar-refractivity contribution in [2.24, 2.45) is 5.73 Å². The van der Waals surface area contributed by atoms with Crippen molar-refractivity contribution in [3.63, 3.8) is 0 Å². The quantitative estimate of drug-likeness (QED) is 0.807. The molecule has 1 aromatic carbocycles. The van der Waals surface area contributed by atoms with Gasteiger partial charge in [-0.25, -0.2) is 0 Å². The summed E-state index contributed by atoms with van der Waals surface area (Å²) in [6.45, 7) is 6.26. The van der Waals surface area contributed by atoms with Gasteiger partial charge in [-0.3, -0.25) is 9.59 Å². The van der Waals surface area contributed by atoms with Crippen LogP contribution in [-0.4, -0.2) is 35.3 Å². The van der Waals surface area contributed by atoms with Gasteiger partial charge in [0.15, 0.2) is 0 Å². The number of hydrogen-bond donors (Lipinski definition) is 2. The highest BCUT2D eigenvalue weighted by atomic mass is 79.9. The highest BCUT2D eigenvalue weighted by Crippen LogP contribution is 2.22. The van der Waals surface area contributed by atoms with Gasteiger partial charge in [0.25, 0.3) is 0 Å². The third kappa shape index (κ3) is 4.25. The summed E-state index contributed by atoms with van der Waals surface area (Å²) in [4.78, 5) is 26.5. The van der Waals surface area contributed by atoms with Crippen LogP contribution < -0.4 is 11.1 Å². The SMILES string of the molecule is CC(C)N1CCC(NC(=O)C(C)(N)c2ccc(Br)cc2)C1=O.Cl. The lowest BCUT2D eigenvalue weighted by atomic mass is 9.92. The zero-order chi connectivity index (χ0) is 16.5. The number of nitrogens with two attached hydrogens (primary N) is 1. The van der Waals surface area contributed by atoms with E-state index in [0.717, 1.165) is 4.47 Å². The summed E-state index contributed by atoms with van der Waals surface area (Å²) >= 11 is 3.36. The average molecular weight is 405 g/mol. The van der Waals surface area contributed by atoms with Crippen LogP contribution in [0.4, 0.5) is 0 Å². The molecule has 0 spiro atoms. The van der Waals surface area contributed by atoms with Crippen LogP contribution in [0.3, 0.4) is 0 Å². The molecule has 0 radical (unpaired) electrons. The van der Waals surface area contributed by atoms with E-state index in [-0.39, 0.29) is 30.3 Å². The molecule has 3 N–H and O–H groups in total. The molecule has 0 saturated carbocycles. The molecule has 2 amide bonds. The molecule has 1 aliphatic heterocycles.